The molecule has 0 atom stereocenters. The van der Waals surface area contributed by atoms with Crippen molar-refractivity contribution in [1.29, 1.82) is 0 Å². The third-order valence-corrected chi connectivity index (χ3v) is 2.07. The van der Waals surface area contributed by atoms with E-state index in [0.717, 1.165) is 12.2 Å². The summed E-state index contributed by atoms with van der Waals surface area (Å²) in [7, 11) is 0. The van der Waals surface area contributed by atoms with Crippen LogP contribution in [0.15, 0.2) is 18.3 Å². The summed E-state index contributed by atoms with van der Waals surface area (Å²) in [6.07, 6.45) is 1.82. The van der Waals surface area contributed by atoms with Crippen LogP contribution in [0.5, 0.6) is 0 Å². The molecular weight excluding hydrogens is 162 g/mol. The fraction of sp³-hybridized carbons (Fsp3) is 0.500. The zero-order valence-electron chi connectivity index (χ0n) is 8.49. The number of rotatable bonds is 3. The zero-order chi connectivity index (χ0) is 9.84. The summed E-state index contributed by atoms with van der Waals surface area (Å²) in [6.45, 7) is 7.46. The summed E-state index contributed by atoms with van der Waals surface area (Å²) >= 11 is 0. The third-order valence-electron chi connectivity index (χ3n) is 2.07. The largest absolute Gasteiger partial charge is 0.384 e. The van der Waals surface area contributed by atoms with Crippen LogP contribution in [0.4, 0.5) is 11.5 Å². The summed E-state index contributed by atoms with van der Waals surface area (Å²) in [5, 5.41) is 0. The van der Waals surface area contributed by atoms with Gasteiger partial charge in [-0.2, -0.15) is 0 Å². The number of hydrogen-bond donors (Lipinski definition) is 1. The monoisotopic (exact) mass is 179 g/mol. The van der Waals surface area contributed by atoms with Crippen molar-refractivity contribution in [2.24, 2.45) is 0 Å². The van der Waals surface area contributed by atoms with Gasteiger partial charge in [0.2, 0.25) is 0 Å². The van der Waals surface area contributed by atoms with E-state index in [1.165, 1.54) is 0 Å². The third kappa shape index (κ3) is 2.34. The summed E-state index contributed by atoms with van der Waals surface area (Å²) in [4.78, 5) is 6.34. The van der Waals surface area contributed by atoms with E-state index < -0.39 is 0 Å². The van der Waals surface area contributed by atoms with Crippen LogP contribution in [0.25, 0.3) is 0 Å². The number of anilines is 2. The highest BCUT2D eigenvalue weighted by Crippen LogP contribution is 2.15. The fourth-order valence-electron chi connectivity index (χ4n) is 1.41. The molecule has 0 aliphatic rings. The molecule has 0 aliphatic carbocycles. The van der Waals surface area contributed by atoms with E-state index in [2.05, 4.69) is 30.7 Å². The lowest BCUT2D eigenvalue weighted by atomic mass is 10.2. The minimum Gasteiger partial charge on any atom is -0.384 e. The average molecular weight is 179 g/mol. The van der Waals surface area contributed by atoms with Gasteiger partial charge in [0.15, 0.2) is 0 Å². The topological polar surface area (TPSA) is 42.1 Å². The van der Waals surface area contributed by atoms with Crippen molar-refractivity contribution >= 4 is 11.5 Å². The van der Waals surface area contributed by atoms with Crippen molar-refractivity contribution in [2.45, 2.75) is 26.8 Å². The fourth-order valence-corrected chi connectivity index (χ4v) is 1.41. The number of nitrogens with two attached hydrogens (primary N) is 1. The molecule has 0 aromatic carbocycles. The second kappa shape index (κ2) is 4.12. The van der Waals surface area contributed by atoms with Crippen LogP contribution in [0.3, 0.4) is 0 Å². The van der Waals surface area contributed by atoms with Gasteiger partial charge in [-0.25, -0.2) is 4.98 Å². The van der Waals surface area contributed by atoms with Gasteiger partial charge >= 0.3 is 0 Å². The normalized spacial score (nSPS) is 10.5. The molecule has 72 valence electrons. The van der Waals surface area contributed by atoms with E-state index in [4.69, 9.17) is 5.73 Å². The van der Waals surface area contributed by atoms with Gasteiger partial charge in [-0.15, -0.1) is 0 Å². The predicted octanol–water partition coefficient (Wildman–Crippen LogP) is 1.90. The van der Waals surface area contributed by atoms with E-state index >= 15 is 0 Å². The van der Waals surface area contributed by atoms with Gasteiger partial charge in [-0.3, -0.25) is 0 Å². The summed E-state index contributed by atoms with van der Waals surface area (Å²) in [6, 6.07) is 4.34. The van der Waals surface area contributed by atoms with Crippen molar-refractivity contribution < 1.29 is 0 Å². The summed E-state index contributed by atoms with van der Waals surface area (Å²) in [5.41, 5.74) is 6.65. The molecule has 0 fully saturated rings. The number of nitrogens with zero attached hydrogens (tertiary/aromatic N) is 2. The molecule has 1 aromatic heterocycles. The van der Waals surface area contributed by atoms with Crippen LogP contribution in [0.2, 0.25) is 0 Å². The number of hydrogen-bond acceptors (Lipinski definition) is 3. The zero-order valence-corrected chi connectivity index (χ0v) is 8.49. The first-order chi connectivity index (χ1) is 6.15. The molecular formula is C10H17N3. The van der Waals surface area contributed by atoms with Crippen LogP contribution in [0, 0.1) is 0 Å². The second-order valence-corrected chi connectivity index (χ2v) is 3.32. The molecule has 0 unspecified atom stereocenters. The van der Waals surface area contributed by atoms with Crippen molar-refractivity contribution in [3.05, 3.63) is 18.3 Å². The van der Waals surface area contributed by atoms with E-state index in [1.54, 1.807) is 0 Å². The molecule has 1 rings (SSSR count). The molecule has 0 radical (unpaired) electrons. The van der Waals surface area contributed by atoms with Crippen LogP contribution in [0.1, 0.15) is 20.8 Å². The molecule has 2 N–H and O–H groups in total. The first-order valence-electron chi connectivity index (χ1n) is 4.63. The van der Waals surface area contributed by atoms with Crippen molar-refractivity contribution in [3.63, 3.8) is 0 Å². The first-order valence-corrected chi connectivity index (χ1v) is 4.63. The number of pyridine rings is 1. The highest BCUT2D eigenvalue weighted by Gasteiger charge is 2.07. The van der Waals surface area contributed by atoms with Gasteiger partial charge in [-0.05, 0) is 32.9 Å². The summed E-state index contributed by atoms with van der Waals surface area (Å²) < 4.78 is 0. The van der Waals surface area contributed by atoms with Crippen LogP contribution < -0.4 is 10.6 Å². The molecule has 0 saturated carbocycles. The maximum atomic E-state index is 5.51. The Bertz CT molecular complexity index is 253. The SMILES string of the molecule is CCN(c1ccc(N)nc1)C(C)C. The minimum absolute atomic E-state index is 0.496. The molecule has 3 nitrogen and oxygen atoms in total. The van der Waals surface area contributed by atoms with E-state index in [1.807, 2.05) is 18.3 Å². The number of nitrogen functional groups attached to an aromatic ring is 1. The smallest absolute Gasteiger partial charge is 0.123 e. The predicted molar refractivity (Wildman–Crippen MR) is 56.8 cm³/mol. The molecule has 13 heavy (non-hydrogen) atoms. The van der Waals surface area contributed by atoms with Gasteiger partial charge in [0, 0.05) is 12.6 Å². The Morgan fingerprint density at radius 2 is 2.15 bits per heavy atom. The lowest BCUT2D eigenvalue weighted by molar-refractivity contribution is 0.702. The lowest BCUT2D eigenvalue weighted by Gasteiger charge is -2.26. The number of aromatic nitrogens is 1. The van der Waals surface area contributed by atoms with Gasteiger partial charge in [-0.1, -0.05) is 0 Å². The Kier molecular flexibility index (Phi) is 3.12. The van der Waals surface area contributed by atoms with Gasteiger partial charge in [0.05, 0.1) is 11.9 Å². The van der Waals surface area contributed by atoms with Crippen LogP contribution in [-0.2, 0) is 0 Å². The standard InChI is InChI=1S/C10H17N3/c1-4-13(8(2)3)9-5-6-10(11)12-7-9/h5-8H,4H2,1-3H3,(H2,11,12). The highest BCUT2D eigenvalue weighted by molar-refractivity contribution is 5.48. The molecule has 0 bridgehead atoms. The molecule has 0 saturated heterocycles. The highest BCUT2D eigenvalue weighted by atomic mass is 15.2. The van der Waals surface area contributed by atoms with E-state index in [0.29, 0.717) is 11.9 Å². The van der Waals surface area contributed by atoms with Gasteiger partial charge in [0.25, 0.3) is 0 Å². The Balaban J connectivity index is 2.86. The van der Waals surface area contributed by atoms with Crippen LogP contribution in [-0.4, -0.2) is 17.6 Å². The first kappa shape index (κ1) is 9.84. The Morgan fingerprint density at radius 3 is 2.54 bits per heavy atom. The maximum Gasteiger partial charge on any atom is 0.123 e. The minimum atomic E-state index is 0.496. The van der Waals surface area contributed by atoms with E-state index in [9.17, 15) is 0 Å². The quantitative estimate of drug-likeness (QED) is 0.770. The van der Waals surface area contributed by atoms with Gasteiger partial charge < -0.3 is 10.6 Å². The molecule has 0 aliphatic heterocycles. The Labute approximate surface area is 79.6 Å². The average Bonchev–Trinajstić information content (AvgIpc) is 2.09. The maximum absolute atomic E-state index is 5.51. The summed E-state index contributed by atoms with van der Waals surface area (Å²) in [5.74, 6) is 0.573. The van der Waals surface area contributed by atoms with E-state index in [-0.39, 0.29) is 0 Å². The Hall–Kier alpha value is -1.25. The molecule has 0 spiro atoms. The molecule has 0 amide bonds. The van der Waals surface area contributed by atoms with Gasteiger partial charge in [0.1, 0.15) is 5.82 Å². The molecule has 1 heterocycles. The molecule has 3 heteroatoms. The Morgan fingerprint density at radius 1 is 1.46 bits per heavy atom. The molecule has 1 aromatic rings. The van der Waals surface area contributed by atoms with Crippen molar-refractivity contribution in [3.8, 4) is 0 Å². The van der Waals surface area contributed by atoms with Crippen molar-refractivity contribution in [1.82, 2.24) is 4.98 Å². The second-order valence-electron chi connectivity index (χ2n) is 3.32. The van der Waals surface area contributed by atoms with Crippen LogP contribution >= 0.6 is 0 Å². The van der Waals surface area contributed by atoms with Crippen molar-refractivity contribution in [2.75, 3.05) is 17.2 Å². The lowest BCUT2D eigenvalue weighted by Crippen LogP contribution is -2.30.